The highest BCUT2D eigenvalue weighted by Gasteiger charge is 2.21. The van der Waals surface area contributed by atoms with E-state index < -0.39 is 0 Å². The van der Waals surface area contributed by atoms with Gasteiger partial charge in [-0.15, -0.1) is 11.3 Å². The summed E-state index contributed by atoms with van der Waals surface area (Å²) in [6.45, 7) is 2.42. The van der Waals surface area contributed by atoms with Crippen molar-refractivity contribution < 1.29 is 4.79 Å². The quantitative estimate of drug-likeness (QED) is 0.733. The Kier molecular flexibility index (Phi) is 4.27. The number of aryl methyl sites for hydroxylation is 2. The minimum Gasteiger partial charge on any atom is -0.346 e. The Labute approximate surface area is 149 Å². The Morgan fingerprint density at radius 3 is 2.92 bits per heavy atom. The van der Waals surface area contributed by atoms with Crippen LogP contribution in [0.3, 0.4) is 0 Å². The van der Waals surface area contributed by atoms with Gasteiger partial charge in [-0.1, -0.05) is 6.92 Å². The van der Waals surface area contributed by atoms with Crippen LogP contribution in [-0.4, -0.2) is 31.1 Å². The SMILES string of the molecule is CCc1nc(-c2ncccn2)sc1C(=O)NCc1n[nH]c2c1CCC2. The van der Waals surface area contributed by atoms with Crippen LogP contribution in [-0.2, 0) is 25.8 Å². The van der Waals surface area contributed by atoms with E-state index in [1.165, 1.54) is 22.6 Å². The standard InChI is InChI=1S/C17H18N6OS/c1-2-11-14(25-17(21-11)15-18-7-4-8-19-15)16(24)20-9-13-10-5-3-6-12(10)22-23-13/h4,7-8H,2-3,5-6,9H2,1H3,(H,20,24)(H,22,23). The largest absolute Gasteiger partial charge is 0.346 e. The fourth-order valence-electron chi connectivity index (χ4n) is 3.05. The third-order valence-electron chi connectivity index (χ3n) is 4.30. The van der Waals surface area contributed by atoms with Crippen LogP contribution in [0.4, 0.5) is 0 Å². The summed E-state index contributed by atoms with van der Waals surface area (Å²) in [6.07, 6.45) is 7.27. The minimum atomic E-state index is -0.119. The van der Waals surface area contributed by atoms with Crippen molar-refractivity contribution in [3.8, 4) is 10.8 Å². The van der Waals surface area contributed by atoms with E-state index in [1.54, 1.807) is 18.5 Å². The van der Waals surface area contributed by atoms with Crippen molar-refractivity contribution in [1.82, 2.24) is 30.5 Å². The molecule has 0 bridgehead atoms. The fourth-order valence-corrected chi connectivity index (χ4v) is 4.07. The van der Waals surface area contributed by atoms with Crippen LogP contribution in [0.2, 0.25) is 0 Å². The summed E-state index contributed by atoms with van der Waals surface area (Å²) in [5.74, 6) is 0.428. The van der Waals surface area contributed by atoms with Gasteiger partial charge in [-0.3, -0.25) is 9.89 Å². The van der Waals surface area contributed by atoms with Gasteiger partial charge in [0.1, 0.15) is 4.88 Å². The first-order valence-electron chi connectivity index (χ1n) is 8.36. The summed E-state index contributed by atoms with van der Waals surface area (Å²) in [7, 11) is 0. The molecule has 0 aromatic carbocycles. The predicted molar refractivity (Wildman–Crippen MR) is 94.3 cm³/mol. The number of thiazole rings is 1. The molecule has 8 heteroatoms. The van der Waals surface area contributed by atoms with Crippen LogP contribution >= 0.6 is 11.3 Å². The highest BCUT2D eigenvalue weighted by molar-refractivity contribution is 7.17. The molecule has 0 radical (unpaired) electrons. The number of carbonyl (C=O) groups excluding carboxylic acids is 1. The van der Waals surface area contributed by atoms with Gasteiger partial charge in [0, 0.05) is 18.1 Å². The molecule has 0 unspecified atom stereocenters. The van der Waals surface area contributed by atoms with Crippen LogP contribution in [0.1, 0.15) is 45.7 Å². The summed E-state index contributed by atoms with van der Waals surface area (Å²) in [4.78, 5) is 26.2. The Bertz CT molecular complexity index is 901. The molecule has 128 valence electrons. The van der Waals surface area contributed by atoms with E-state index in [-0.39, 0.29) is 5.91 Å². The second-order valence-corrected chi connectivity index (χ2v) is 6.88. The van der Waals surface area contributed by atoms with Gasteiger partial charge in [0.2, 0.25) is 0 Å². The maximum atomic E-state index is 12.6. The first-order valence-corrected chi connectivity index (χ1v) is 9.18. The van der Waals surface area contributed by atoms with Crippen molar-refractivity contribution in [2.24, 2.45) is 0 Å². The number of carbonyl (C=O) groups is 1. The minimum absolute atomic E-state index is 0.119. The monoisotopic (exact) mass is 354 g/mol. The summed E-state index contributed by atoms with van der Waals surface area (Å²) in [5.41, 5.74) is 4.19. The smallest absolute Gasteiger partial charge is 0.263 e. The zero-order valence-electron chi connectivity index (χ0n) is 13.9. The molecule has 0 fully saturated rings. The van der Waals surface area contributed by atoms with E-state index in [2.05, 4.69) is 30.5 Å². The number of nitrogens with zero attached hydrogens (tertiary/aromatic N) is 4. The van der Waals surface area contributed by atoms with E-state index >= 15 is 0 Å². The second kappa shape index (κ2) is 6.72. The average molecular weight is 354 g/mol. The van der Waals surface area contributed by atoms with Crippen molar-refractivity contribution in [2.75, 3.05) is 0 Å². The fraction of sp³-hybridized carbons (Fsp3) is 0.353. The summed E-state index contributed by atoms with van der Waals surface area (Å²) < 4.78 is 0. The molecule has 0 aliphatic heterocycles. The lowest BCUT2D eigenvalue weighted by atomic mass is 10.2. The van der Waals surface area contributed by atoms with E-state index in [9.17, 15) is 4.79 Å². The van der Waals surface area contributed by atoms with Crippen LogP contribution in [0.25, 0.3) is 10.8 Å². The molecule has 4 rings (SSSR count). The lowest BCUT2D eigenvalue weighted by molar-refractivity contribution is 0.0953. The Hall–Kier alpha value is -2.61. The number of fused-ring (bicyclic) bond motifs is 1. The molecule has 25 heavy (non-hydrogen) atoms. The van der Waals surface area contributed by atoms with Crippen molar-refractivity contribution in [3.05, 3.63) is 46.0 Å². The first kappa shape index (κ1) is 15.9. The van der Waals surface area contributed by atoms with Gasteiger partial charge in [-0.25, -0.2) is 15.0 Å². The molecular formula is C17H18N6OS. The predicted octanol–water partition coefficient (Wildman–Crippen LogP) is 2.30. The average Bonchev–Trinajstić information content (AvgIpc) is 3.36. The Balaban J connectivity index is 1.52. The molecule has 7 nitrogen and oxygen atoms in total. The molecule has 2 N–H and O–H groups in total. The molecule has 1 aliphatic rings. The van der Waals surface area contributed by atoms with Gasteiger partial charge in [0.15, 0.2) is 10.8 Å². The molecule has 0 spiro atoms. The maximum Gasteiger partial charge on any atom is 0.263 e. The number of rotatable bonds is 5. The first-order chi connectivity index (χ1) is 12.3. The molecule has 3 heterocycles. The normalized spacial score (nSPS) is 13.0. The number of amides is 1. The number of H-pyrrole nitrogens is 1. The zero-order chi connectivity index (χ0) is 17.2. The number of hydrogen-bond donors (Lipinski definition) is 2. The van der Waals surface area contributed by atoms with Crippen LogP contribution in [0.5, 0.6) is 0 Å². The third kappa shape index (κ3) is 3.05. The second-order valence-electron chi connectivity index (χ2n) is 5.88. The summed E-state index contributed by atoms with van der Waals surface area (Å²) in [6, 6.07) is 1.76. The number of nitrogens with one attached hydrogen (secondary N) is 2. The van der Waals surface area contributed by atoms with Gasteiger partial charge in [-0.05, 0) is 37.3 Å². The summed E-state index contributed by atoms with van der Waals surface area (Å²) in [5, 5.41) is 11.0. The van der Waals surface area contributed by atoms with Crippen molar-refractivity contribution >= 4 is 17.2 Å². The third-order valence-corrected chi connectivity index (χ3v) is 5.40. The number of aromatic nitrogens is 5. The van der Waals surface area contributed by atoms with E-state index in [0.29, 0.717) is 28.7 Å². The molecule has 1 amide bonds. The topological polar surface area (TPSA) is 96.4 Å². The van der Waals surface area contributed by atoms with Crippen molar-refractivity contribution in [1.29, 1.82) is 0 Å². The van der Waals surface area contributed by atoms with E-state index in [4.69, 9.17) is 0 Å². The number of hydrogen-bond acceptors (Lipinski definition) is 6. The van der Waals surface area contributed by atoms with Crippen LogP contribution in [0.15, 0.2) is 18.5 Å². The van der Waals surface area contributed by atoms with Gasteiger partial charge < -0.3 is 5.32 Å². The lowest BCUT2D eigenvalue weighted by Gasteiger charge is -2.03. The van der Waals surface area contributed by atoms with Gasteiger partial charge in [0.25, 0.3) is 5.91 Å². The van der Waals surface area contributed by atoms with E-state index in [1.807, 2.05) is 6.92 Å². The molecule has 0 saturated carbocycles. The number of aromatic amines is 1. The van der Waals surface area contributed by atoms with Crippen LogP contribution in [0, 0.1) is 0 Å². The van der Waals surface area contributed by atoms with Gasteiger partial charge >= 0.3 is 0 Å². The molecule has 3 aromatic heterocycles. The maximum absolute atomic E-state index is 12.6. The molecule has 0 saturated heterocycles. The summed E-state index contributed by atoms with van der Waals surface area (Å²) >= 11 is 1.33. The Morgan fingerprint density at radius 1 is 1.28 bits per heavy atom. The van der Waals surface area contributed by atoms with Gasteiger partial charge in [-0.2, -0.15) is 5.10 Å². The van der Waals surface area contributed by atoms with E-state index in [0.717, 1.165) is 30.7 Å². The van der Waals surface area contributed by atoms with Crippen molar-refractivity contribution in [3.63, 3.8) is 0 Å². The highest BCUT2D eigenvalue weighted by atomic mass is 32.1. The zero-order valence-corrected chi connectivity index (χ0v) is 14.7. The molecule has 3 aromatic rings. The molecule has 1 aliphatic carbocycles. The van der Waals surface area contributed by atoms with Crippen LogP contribution < -0.4 is 5.32 Å². The molecule has 0 atom stereocenters. The van der Waals surface area contributed by atoms with Crippen molar-refractivity contribution in [2.45, 2.75) is 39.2 Å². The lowest BCUT2D eigenvalue weighted by Crippen LogP contribution is -2.23. The van der Waals surface area contributed by atoms with Gasteiger partial charge in [0.05, 0.1) is 17.9 Å². The molecular weight excluding hydrogens is 336 g/mol. The Morgan fingerprint density at radius 2 is 2.12 bits per heavy atom. The highest BCUT2D eigenvalue weighted by Crippen LogP contribution is 2.26.